The summed E-state index contributed by atoms with van der Waals surface area (Å²) in [6.07, 6.45) is -6.10. The lowest BCUT2D eigenvalue weighted by atomic mass is 9.76. The molecule has 0 saturated carbocycles. The first-order valence-electron chi connectivity index (χ1n) is 9.08. The van der Waals surface area contributed by atoms with Crippen molar-refractivity contribution >= 4 is 5.69 Å². The van der Waals surface area contributed by atoms with Crippen LogP contribution in [-0.2, 0) is 4.74 Å². The van der Waals surface area contributed by atoms with Gasteiger partial charge in [-0.05, 0) is 19.9 Å². The molecule has 1 aliphatic rings. The smallest absolute Gasteiger partial charge is 0.417 e. The Kier molecular flexibility index (Phi) is 5.34. The minimum atomic E-state index is -4.78. The van der Waals surface area contributed by atoms with Crippen molar-refractivity contribution in [1.29, 1.82) is 0 Å². The van der Waals surface area contributed by atoms with Gasteiger partial charge in [0.2, 0.25) is 5.82 Å². The highest BCUT2D eigenvalue weighted by Crippen LogP contribution is 2.59. The number of nitrogens with two attached hydrogens (primary N) is 1. The maximum absolute atomic E-state index is 14.5. The highest BCUT2D eigenvalue weighted by atomic mass is 19.4. The summed E-state index contributed by atoms with van der Waals surface area (Å²) in [5, 5.41) is 0. The molecule has 4 atom stereocenters. The van der Waals surface area contributed by atoms with Crippen LogP contribution in [0.1, 0.15) is 42.8 Å². The number of nitrogens with one attached hydrogen (secondary N) is 1. The predicted molar refractivity (Wildman–Crippen MR) is 99.3 cm³/mol. The van der Waals surface area contributed by atoms with Crippen LogP contribution < -0.4 is 15.9 Å². The zero-order valence-corrected chi connectivity index (χ0v) is 16.7. The fourth-order valence-electron chi connectivity index (χ4n) is 4.03. The average molecular weight is 432 g/mol. The largest absolute Gasteiger partial charge is 0.493 e. The van der Waals surface area contributed by atoms with Crippen molar-refractivity contribution in [3.05, 3.63) is 57.0 Å². The third-order valence-electron chi connectivity index (χ3n) is 5.75. The molecule has 0 unspecified atom stereocenters. The number of anilines is 1. The summed E-state index contributed by atoms with van der Waals surface area (Å²) in [5.41, 5.74) is 2.31. The van der Waals surface area contributed by atoms with Crippen LogP contribution in [0.3, 0.4) is 0 Å². The van der Waals surface area contributed by atoms with Crippen molar-refractivity contribution in [2.45, 2.75) is 44.6 Å². The molecule has 0 spiro atoms. The molecule has 30 heavy (non-hydrogen) atoms. The van der Waals surface area contributed by atoms with Gasteiger partial charge >= 0.3 is 6.18 Å². The molecule has 0 radical (unpaired) electrons. The van der Waals surface area contributed by atoms with Crippen LogP contribution in [-0.4, -0.2) is 23.9 Å². The molecule has 3 N–H and O–H groups in total. The van der Waals surface area contributed by atoms with Gasteiger partial charge in [-0.1, -0.05) is 6.92 Å². The normalized spacial score (nSPS) is 26.8. The Bertz CT molecular complexity index is 1040. The van der Waals surface area contributed by atoms with Crippen molar-refractivity contribution < 1.29 is 31.4 Å². The second-order valence-electron chi connectivity index (χ2n) is 7.63. The summed E-state index contributed by atoms with van der Waals surface area (Å²) >= 11 is 0. The van der Waals surface area contributed by atoms with Crippen LogP contribution >= 0.6 is 0 Å². The van der Waals surface area contributed by atoms with Crippen molar-refractivity contribution in [3.8, 4) is 5.75 Å². The number of hydrogen-bond donors (Lipinski definition) is 2. The van der Waals surface area contributed by atoms with Gasteiger partial charge < -0.3 is 20.2 Å². The van der Waals surface area contributed by atoms with Gasteiger partial charge in [-0.2, -0.15) is 17.6 Å². The van der Waals surface area contributed by atoms with Gasteiger partial charge in [-0.15, -0.1) is 0 Å². The number of ether oxygens (including phenoxy) is 2. The van der Waals surface area contributed by atoms with Gasteiger partial charge in [0.1, 0.15) is 6.10 Å². The van der Waals surface area contributed by atoms with E-state index in [0.29, 0.717) is 5.69 Å². The number of aromatic amines is 1. The van der Waals surface area contributed by atoms with Gasteiger partial charge in [0, 0.05) is 40.9 Å². The average Bonchev–Trinajstić information content (AvgIpc) is 2.91. The highest BCUT2D eigenvalue weighted by Gasteiger charge is 2.65. The summed E-state index contributed by atoms with van der Waals surface area (Å²) in [7, 11) is 1.07. The second kappa shape index (κ2) is 7.26. The molecule has 2 heterocycles. The van der Waals surface area contributed by atoms with E-state index in [1.54, 1.807) is 6.92 Å². The van der Waals surface area contributed by atoms with Gasteiger partial charge in [-0.25, -0.2) is 4.39 Å². The summed E-state index contributed by atoms with van der Waals surface area (Å²) in [6, 6.07) is 3.44. The van der Waals surface area contributed by atoms with E-state index in [0.717, 1.165) is 26.2 Å². The van der Waals surface area contributed by atoms with E-state index in [-0.39, 0.29) is 11.3 Å². The Hall–Kier alpha value is -2.62. The van der Waals surface area contributed by atoms with E-state index in [1.807, 2.05) is 0 Å². The Morgan fingerprint density at radius 2 is 1.83 bits per heavy atom. The molecule has 1 fully saturated rings. The molecule has 0 bridgehead atoms. The van der Waals surface area contributed by atoms with Crippen LogP contribution in [0.25, 0.3) is 0 Å². The quantitative estimate of drug-likeness (QED) is 0.558. The van der Waals surface area contributed by atoms with E-state index in [9.17, 15) is 26.7 Å². The van der Waals surface area contributed by atoms with Gasteiger partial charge in [0.05, 0.1) is 12.8 Å². The van der Waals surface area contributed by atoms with Gasteiger partial charge in [0.25, 0.3) is 0 Å². The molecule has 1 aliphatic heterocycles. The number of nitrogen functional groups attached to an aromatic ring is 1. The van der Waals surface area contributed by atoms with Crippen molar-refractivity contribution in [2.75, 3.05) is 12.8 Å². The number of rotatable bonds is 3. The van der Waals surface area contributed by atoms with E-state index in [2.05, 4.69) is 4.98 Å². The summed E-state index contributed by atoms with van der Waals surface area (Å²) < 4.78 is 80.8. The molecule has 5 nitrogen and oxygen atoms in total. The predicted octanol–water partition coefficient (Wildman–Crippen LogP) is 4.36. The SMILES string of the molecule is COc1c([C@H]2[C@H](c3cc(=O)cc(C)[nH]3)O[C@@](C)(C(F)(F)F)[C@H]2C)cc(N)c(F)c1F. The van der Waals surface area contributed by atoms with Gasteiger partial charge in [0.15, 0.2) is 22.6 Å². The molecule has 2 aromatic rings. The lowest BCUT2D eigenvalue weighted by Crippen LogP contribution is -2.46. The first-order chi connectivity index (χ1) is 13.8. The number of methoxy groups -OCH3 is 1. The minimum absolute atomic E-state index is 0.0789. The number of hydrogen-bond acceptors (Lipinski definition) is 4. The van der Waals surface area contributed by atoms with Crippen LogP contribution in [0.4, 0.5) is 27.6 Å². The molecular weight excluding hydrogens is 411 g/mol. The molecule has 0 aliphatic carbocycles. The molecule has 0 amide bonds. The topological polar surface area (TPSA) is 77.3 Å². The Morgan fingerprint density at radius 3 is 2.37 bits per heavy atom. The molecule has 10 heteroatoms. The van der Waals surface area contributed by atoms with Crippen LogP contribution in [0.5, 0.6) is 5.75 Å². The number of alkyl halides is 3. The minimum Gasteiger partial charge on any atom is -0.493 e. The fraction of sp³-hybridized carbons (Fsp3) is 0.450. The number of H-pyrrole nitrogens is 1. The summed E-state index contributed by atoms with van der Waals surface area (Å²) in [5.74, 6) is -5.74. The summed E-state index contributed by atoms with van der Waals surface area (Å²) in [4.78, 5) is 14.8. The zero-order valence-electron chi connectivity index (χ0n) is 16.7. The van der Waals surface area contributed by atoms with Crippen LogP contribution in [0, 0.1) is 24.5 Å². The lowest BCUT2D eigenvalue weighted by Gasteiger charge is -2.32. The lowest BCUT2D eigenvalue weighted by molar-refractivity contribution is -0.275. The Balaban J connectivity index is 2.29. The molecule has 164 valence electrons. The Morgan fingerprint density at radius 1 is 1.20 bits per heavy atom. The standard InChI is InChI=1S/C20H21F5N2O3/c1-8-5-10(28)6-13(27-8)18-14(9(2)19(3,30-18)20(23,24)25)11-7-12(26)15(21)16(22)17(11)29-4/h5-7,9,14,18H,26H2,1-4H3,(H,27,28)/t9-,14-,18-,19+/m0/s1. The van der Waals surface area contributed by atoms with Crippen molar-refractivity contribution in [3.63, 3.8) is 0 Å². The highest BCUT2D eigenvalue weighted by molar-refractivity contribution is 5.53. The van der Waals surface area contributed by atoms with Crippen LogP contribution in [0.2, 0.25) is 0 Å². The molecule has 1 aromatic carbocycles. The molecule has 1 aromatic heterocycles. The van der Waals surface area contributed by atoms with E-state index in [4.69, 9.17) is 15.2 Å². The van der Waals surface area contributed by atoms with Gasteiger partial charge in [-0.3, -0.25) is 4.79 Å². The number of aryl methyl sites for hydroxylation is 1. The third kappa shape index (κ3) is 3.32. The molecule has 3 rings (SSSR count). The Labute approximate surface area is 169 Å². The van der Waals surface area contributed by atoms with Crippen molar-refractivity contribution in [1.82, 2.24) is 4.98 Å². The first-order valence-corrected chi connectivity index (χ1v) is 9.08. The second-order valence-corrected chi connectivity index (χ2v) is 7.63. The third-order valence-corrected chi connectivity index (χ3v) is 5.75. The first kappa shape index (κ1) is 22.1. The maximum atomic E-state index is 14.5. The van der Waals surface area contributed by atoms with E-state index >= 15 is 0 Å². The molecule has 1 saturated heterocycles. The maximum Gasteiger partial charge on any atom is 0.417 e. The number of aromatic nitrogens is 1. The summed E-state index contributed by atoms with van der Waals surface area (Å²) in [6.45, 7) is 3.74. The van der Waals surface area contributed by atoms with Crippen molar-refractivity contribution in [2.24, 2.45) is 5.92 Å². The number of benzene rings is 1. The number of halogens is 5. The fourth-order valence-corrected chi connectivity index (χ4v) is 4.03. The zero-order chi connectivity index (χ0) is 22.6. The monoisotopic (exact) mass is 432 g/mol. The van der Waals surface area contributed by atoms with E-state index < -0.39 is 58.2 Å². The molecular formula is C20H21F5N2O3. The van der Waals surface area contributed by atoms with Crippen LogP contribution in [0.15, 0.2) is 23.0 Å². The van der Waals surface area contributed by atoms with E-state index in [1.165, 1.54) is 13.0 Å². The number of pyridine rings is 1.